The first-order valence-electron chi connectivity index (χ1n) is 4.45. The fraction of sp³-hybridized carbons (Fsp3) is 0.333. The number of nitrogens with one attached hydrogen (secondary N) is 1. The molecule has 0 amide bonds. The van der Waals surface area contributed by atoms with Crippen LogP contribution >= 0.6 is 0 Å². The van der Waals surface area contributed by atoms with Gasteiger partial charge >= 0.3 is 0 Å². The molecule has 1 rings (SSSR count). The molecule has 6 heteroatoms. The highest BCUT2D eigenvalue weighted by molar-refractivity contribution is 7.88. The third kappa shape index (κ3) is 4.37. The smallest absolute Gasteiger partial charge is 0.215 e. The van der Waals surface area contributed by atoms with Crippen molar-refractivity contribution >= 4 is 10.0 Å². The van der Waals surface area contributed by atoms with Crippen molar-refractivity contribution in [2.45, 2.75) is 5.75 Å². The van der Waals surface area contributed by atoms with Crippen molar-refractivity contribution in [2.24, 2.45) is 5.73 Å². The third-order valence-corrected chi connectivity index (χ3v) is 3.07. The summed E-state index contributed by atoms with van der Waals surface area (Å²) >= 11 is 0. The Labute approximate surface area is 88.3 Å². The molecule has 0 aliphatic carbocycles. The number of sulfonamides is 1. The first-order valence-corrected chi connectivity index (χ1v) is 6.10. The summed E-state index contributed by atoms with van der Waals surface area (Å²) in [5, 5.41) is 0. The highest BCUT2D eigenvalue weighted by atomic mass is 32.2. The summed E-state index contributed by atoms with van der Waals surface area (Å²) in [4.78, 5) is 0. The molecule has 1 aromatic carbocycles. The van der Waals surface area contributed by atoms with E-state index in [9.17, 15) is 12.8 Å². The quantitative estimate of drug-likeness (QED) is 0.762. The Bertz CT molecular complexity index is 420. The van der Waals surface area contributed by atoms with Crippen LogP contribution in [0.2, 0.25) is 0 Å². The molecule has 0 aliphatic rings. The van der Waals surface area contributed by atoms with Gasteiger partial charge < -0.3 is 5.73 Å². The molecule has 0 unspecified atom stereocenters. The Morgan fingerprint density at radius 2 is 2.13 bits per heavy atom. The van der Waals surface area contributed by atoms with Gasteiger partial charge in [0.2, 0.25) is 10.0 Å². The average molecular weight is 232 g/mol. The predicted octanol–water partition coefficient (Wildman–Crippen LogP) is 0.204. The zero-order valence-corrected chi connectivity index (χ0v) is 8.93. The average Bonchev–Trinajstić information content (AvgIpc) is 2.14. The zero-order valence-electron chi connectivity index (χ0n) is 8.11. The van der Waals surface area contributed by atoms with E-state index in [1.165, 1.54) is 18.2 Å². The molecule has 15 heavy (non-hydrogen) atoms. The molecule has 0 heterocycles. The summed E-state index contributed by atoms with van der Waals surface area (Å²) in [6.07, 6.45) is 0. The van der Waals surface area contributed by atoms with Crippen LogP contribution in [0.15, 0.2) is 24.3 Å². The van der Waals surface area contributed by atoms with Crippen LogP contribution in [0.4, 0.5) is 4.39 Å². The lowest BCUT2D eigenvalue weighted by Crippen LogP contribution is -2.30. The van der Waals surface area contributed by atoms with Gasteiger partial charge in [-0.1, -0.05) is 12.1 Å². The van der Waals surface area contributed by atoms with Crippen LogP contribution in [0.3, 0.4) is 0 Å². The van der Waals surface area contributed by atoms with E-state index in [4.69, 9.17) is 5.73 Å². The summed E-state index contributed by atoms with van der Waals surface area (Å²) in [5.74, 6) is -0.674. The molecular weight excluding hydrogens is 219 g/mol. The maximum absolute atomic E-state index is 12.8. The molecule has 1 aromatic rings. The standard InChI is InChI=1S/C9H13FN2O2S/c10-9-3-1-2-8(6-9)7-15(13,14)12-5-4-11/h1-3,6,12H,4-5,7,11H2. The highest BCUT2D eigenvalue weighted by Gasteiger charge is 2.10. The first kappa shape index (κ1) is 12.1. The molecule has 0 atom stereocenters. The Balaban J connectivity index is 2.69. The van der Waals surface area contributed by atoms with Crippen molar-refractivity contribution in [1.29, 1.82) is 0 Å². The predicted molar refractivity (Wildman–Crippen MR) is 56.1 cm³/mol. The zero-order chi connectivity index (χ0) is 11.3. The highest BCUT2D eigenvalue weighted by Crippen LogP contribution is 2.06. The summed E-state index contributed by atoms with van der Waals surface area (Å²) < 4.78 is 37.8. The summed E-state index contributed by atoms with van der Waals surface area (Å²) in [6.45, 7) is 0.431. The van der Waals surface area contributed by atoms with Gasteiger partial charge in [-0.15, -0.1) is 0 Å². The van der Waals surface area contributed by atoms with E-state index >= 15 is 0 Å². The second kappa shape index (κ2) is 5.20. The van der Waals surface area contributed by atoms with Gasteiger partial charge in [-0.3, -0.25) is 0 Å². The Morgan fingerprint density at radius 3 is 2.73 bits per heavy atom. The lowest BCUT2D eigenvalue weighted by Gasteiger charge is -2.05. The topological polar surface area (TPSA) is 72.2 Å². The fourth-order valence-electron chi connectivity index (χ4n) is 1.11. The van der Waals surface area contributed by atoms with Crippen LogP contribution in [0, 0.1) is 5.82 Å². The van der Waals surface area contributed by atoms with E-state index in [0.717, 1.165) is 0 Å². The molecule has 0 bridgehead atoms. The normalized spacial score (nSPS) is 11.6. The number of halogens is 1. The Kier molecular flexibility index (Phi) is 4.19. The van der Waals surface area contributed by atoms with Gasteiger partial charge in [0.25, 0.3) is 0 Å². The van der Waals surface area contributed by atoms with E-state index in [-0.39, 0.29) is 18.8 Å². The molecule has 84 valence electrons. The molecule has 0 radical (unpaired) electrons. The summed E-state index contributed by atoms with van der Waals surface area (Å²) in [6, 6.07) is 5.50. The molecule has 0 saturated carbocycles. The van der Waals surface area contributed by atoms with Crippen LogP contribution in [-0.4, -0.2) is 21.5 Å². The van der Waals surface area contributed by atoms with Gasteiger partial charge in [0, 0.05) is 13.1 Å². The van der Waals surface area contributed by atoms with Gasteiger partial charge in [-0.2, -0.15) is 0 Å². The van der Waals surface area contributed by atoms with Crippen molar-refractivity contribution in [1.82, 2.24) is 4.72 Å². The van der Waals surface area contributed by atoms with E-state index < -0.39 is 15.8 Å². The number of benzene rings is 1. The van der Waals surface area contributed by atoms with E-state index in [0.29, 0.717) is 5.56 Å². The van der Waals surface area contributed by atoms with E-state index in [1.807, 2.05) is 0 Å². The van der Waals surface area contributed by atoms with Gasteiger partial charge in [0.1, 0.15) is 5.82 Å². The Morgan fingerprint density at radius 1 is 1.40 bits per heavy atom. The number of nitrogens with two attached hydrogens (primary N) is 1. The SMILES string of the molecule is NCCNS(=O)(=O)Cc1cccc(F)c1. The monoisotopic (exact) mass is 232 g/mol. The largest absolute Gasteiger partial charge is 0.329 e. The minimum absolute atomic E-state index is 0.192. The number of hydrogen-bond acceptors (Lipinski definition) is 3. The van der Waals surface area contributed by atoms with Crippen LogP contribution in [-0.2, 0) is 15.8 Å². The van der Waals surface area contributed by atoms with Gasteiger partial charge in [-0.25, -0.2) is 17.5 Å². The van der Waals surface area contributed by atoms with Gasteiger partial charge in [-0.05, 0) is 17.7 Å². The van der Waals surface area contributed by atoms with Crippen molar-refractivity contribution in [3.8, 4) is 0 Å². The number of hydrogen-bond donors (Lipinski definition) is 2. The molecule has 0 spiro atoms. The van der Waals surface area contributed by atoms with E-state index in [2.05, 4.69) is 4.72 Å². The van der Waals surface area contributed by atoms with Crippen molar-refractivity contribution in [3.63, 3.8) is 0 Å². The molecule has 4 nitrogen and oxygen atoms in total. The minimum atomic E-state index is -3.41. The second-order valence-corrected chi connectivity index (χ2v) is 4.88. The van der Waals surface area contributed by atoms with Gasteiger partial charge in [0.15, 0.2) is 0 Å². The van der Waals surface area contributed by atoms with Gasteiger partial charge in [0.05, 0.1) is 5.75 Å². The van der Waals surface area contributed by atoms with Crippen molar-refractivity contribution in [3.05, 3.63) is 35.6 Å². The summed E-state index contributed by atoms with van der Waals surface area (Å²) in [7, 11) is -3.41. The molecule has 0 fully saturated rings. The molecule has 3 N–H and O–H groups in total. The van der Waals surface area contributed by atoms with Crippen LogP contribution in [0.5, 0.6) is 0 Å². The fourth-order valence-corrected chi connectivity index (χ4v) is 2.26. The van der Waals surface area contributed by atoms with Crippen LogP contribution in [0.25, 0.3) is 0 Å². The molecule has 0 aromatic heterocycles. The summed E-state index contributed by atoms with van der Waals surface area (Å²) in [5.41, 5.74) is 5.58. The molecule has 0 saturated heterocycles. The van der Waals surface area contributed by atoms with E-state index in [1.54, 1.807) is 6.07 Å². The lowest BCUT2D eigenvalue weighted by molar-refractivity contribution is 0.581. The first-order chi connectivity index (χ1) is 7.03. The van der Waals surface area contributed by atoms with Crippen molar-refractivity contribution < 1.29 is 12.8 Å². The second-order valence-electron chi connectivity index (χ2n) is 3.07. The maximum atomic E-state index is 12.8. The minimum Gasteiger partial charge on any atom is -0.329 e. The lowest BCUT2D eigenvalue weighted by atomic mass is 10.2. The van der Waals surface area contributed by atoms with Crippen molar-refractivity contribution in [2.75, 3.05) is 13.1 Å². The molecular formula is C9H13FN2O2S. The van der Waals surface area contributed by atoms with Crippen LogP contribution < -0.4 is 10.5 Å². The molecule has 0 aliphatic heterocycles. The maximum Gasteiger partial charge on any atom is 0.215 e. The number of rotatable bonds is 5. The third-order valence-electron chi connectivity index (χ3n) is 1.71. The van der Waals surface area contributed by atoms with Crippen LogP contribution in [0.1, 0.15) is 5.56 Å². The Hall–Kier alpha value is -0.980.